The molecule has 0 aliphatic carbocycles. The number of hydrogen-bond acceptors (Lipinski definition) is 6. The van der Waals surface area contributed by atoms with Crippen LogP contribution in [0.5, 0.6) is 11.6 Å². The fourth-order valence-electron chi connectivity index (χ4n) is 2.74. The Morgan fingerprint density at radius 2 is 1.81 bits per heavy atom. The number of rotatable bonds is 8. The van der Waals surface area contributed by atoms with Crippen LogP contribution in [-0.2, 0) is 0 Å². The van der Waals surface area contributed by atoms with Crippen LogP contribution in [0.4, 0.5) is 11.5 Å². The molecule has 0 saturated carbocycles. The van der Waals surface area contributed by atoms with E-state index in [1.807, 2.05) is 11.8 Å². The van der Waals surface area contributed by atoms with Gasteiger partial charge in [0, 0.05) is 18.1 Å². The molecule has 0 radical (unpaired) electrons. The first kappa shape index (κ1) is 20.9. The van der Waals surface area contributed by atoms with Gasteiger partial charge in [-0.25, -0.2) is 4.98 Å². The zero-order valence-corrected chi connectivity index (χ0v) is 17.0. The molecule has 1 heterocycles. The molecule has 27 heavy (non-hydrogen) atoms. The summed E-state index contributed by atoms with van der Waals surface area (Å²) in [7, 11) is 0. The summed E-state index contributed by atoms with van der Waals surface area (Å²) in [6, 6.07) is 5.05. The second-order valence-corrected chi connectivity index (χ2v) is 7.72. The zero-order valence-electron chi connectivity index (χ0n) is 16.3. The van der Waals surface area contributed by atoms with Crippen LogP contribution < -0.4 is 9.64 Å². The van der Waals surface area contributed by atoms with Gasteiger partial charge in [-0.15, -0.1) is 0 Å². The number of nitro groups is 1. The highest BCUT2D eigenvalue weighted by atomic mass is 35.5. The lowest BCUT2D eigenvalue weighted by Crippen LogP contribution is -2.32. The van der Waals surface area contributed by atoms with Crippen molar-refractivity contribution in [3.8, 4) is 11.6 Å². The van der Waals surface area contributed by atoms with E-state index in [1.54, 1.807) is 18.2 Å². The molecule has 0 aliphatic heterocycles. The molecule has 0 bridgehead atoms. The van der Waals surface area contributed by atoms with Crippen LogP contribution in [-0.4, -0.2) is 28.0 Å². The van der Waals surface area contributed by atoms with Crippen molar-refractivity contribution in [1.82, 2.24) is 9.97 Å². The van der Waals surface area contributed by atoms with Crippen LogP contribution in [0, 0.1) is 28.9 Å². The summed E-state index contributed by atoms with van der Waals surface area (Å²) in [6.07, 6.45) is 1.30. The average Bonchev–Trinajstić information content (AvgIpc) is 2.56. The predicted octanol–water partition coefficient (Wildman–Crippen LogP) is 5.26. The fourth-order valence-corrected chi connectivity index (χ4v) is 2.86. The Balaban J connectivity index is 2.48. The molecule has 0 fully saturated rings. The van der Waals surface area contributed by atoms with Gasteiger partial charge in [-0.2, -0.15) is 4.98 Å². The van der Waals surface area contributed by atoms with Crippen LogP contribution in [0.3, 0.4) is 0 Å². The molecule has 0 N–H and O–H groups in total. The third kappa shape index (κ3) is 5.53. The van der Waals surface area contributed by atoms with Crippen molar-refractivity contribution in [1.29, 1.82) is 0 Å². The molecule has 2 aromatic rings. The Labute approximate surface area is 164 Å². The number of hydrogen-bond donors (Lipinski definition) is 0. The van der Waals surface area contributed by atoms with Gasteiger partial charge in [-0.1, -0.05) is 39.3 Å². The molecule has 0 amide bonds. The molecule has 0 atom stereocenters. The number of nitrogens with zero attached hydrogens (tertiary/aromatic N) is 4. The van der Waals surface area contributed by atoms with Crippen molar-refractivity contribution in [2.24, 2.45) is 11.8 Å². The molecule has 0 aliphatic rings. The maximum Gasteiger partial charge on any atom is 0.373 e. The van der Waals surface area contributed by atoms with E-state index in [2.05, 4.69) is 37.7 Å². The Morgan fingerprint density at radius 1 is 1.19 bits per heavy atom. The van der Waals surface area contributed by atoms with Crippen molar-refractivity contribution >= 4 is 23.1 Å². The summed E-state index contributed by atoms with van der Waals surface area (Å²) in [4.78, 5) is 21.5. The lowest BCUT2D eigenvalue weighted by Gasteiger charge is -2.27. The second-order valence-electron chi connectivity index (χ2n) is 7.31. The normalized spacial score (nSPS) is 11.1. The van der Waals surface area contributed by atoms with Crippen molar-refractivity contribution in [2.75, 3.05) is 18.0 Å². The molecule has 7 nitrogen and oxygen atoms in total. The van der Waals surface area contributed by atoms with Crippen molar-refractivity contribution in [2.45, 2.75) is 34.6 Å². The monoisotopic (exact) mass is 392 g/mol. The fraction of sp³-hybridized carbons (Fsp3) is 0.474. The summed E-state index contributed by atoms with van der Waals surface area (Å²) in [6.45, 7) is 11.4. The molecule has 0 saturated heterocycles. The number of benzene rings is 1. The van der Waals surface area contributed by atoms with E-state index in [1.165, 1.54) is 6.33 Å². The van der Waals surface area contributed by atoms with Gasteiger partial charge in [0.05, 0.1) is 4.92 Å². The van der Waals surface area contributed by atoms with Crippen LogP contribution in [0.15, 0.2) is 24.5 Å². The van der Waals surface area contributed by atoms with Crippen molar-refractivity contribution < 1.29 is 9.66 Å². The number of aromatic nitrogens is 2. The average molecular weight is 393 g/mol. The van der Waals surface area contributed by atoms with Crippen LogP contribution in [0.25, 0.3) is 0 Å². The minimum Gasteiger partial charge on any atom is -0.434 e. The summed E-state index contributed by atoms with van der Waals surface area (Å²) in [5, 5.41) is 12.4. The van der Waals surface area contributed by atoms with E-state index in [0.29, 0.717) is 35.7 Å². The van der Waals surface area contributed by atoms with Gasteiger partial charge in [0.1, 0.15) is 12.1 Å². The van der Waals surface area contributed by atoms with E-state index in [9.17, 15) is 10.1 Å². The summed E-state index contributed by atoms with van der Waals surface area (Å²) < 4.78 is 5.73. The molecule has 8 heteroatoms. The highest BCUT2D eigenvalue weighted by molar-refractivity contribution is 6.31. The van der Waals surface area contributed by atoms with Gasteiger partial charge in [0.15, 0.2) is 0 Å². The standard InChI is InChI=1S/C19H25ClN4O3/c1-12(2)9-23(10-13(3)4)18-17(24(25)26)19(22-11-21-18)27-15-6-7-16(20)14(5)8-15/h6-8,11-13H,9-10H2,1-5H3. The quantitative estimate of drug-likeness (QED) is 0.450. The number of aryl methyl sites for hydroxylation is 1. The Morgan fingerprint density at radius 3 is 2.33 bits per heavy atom. The number of ether oxygens (including phenoxy) is 1. The number of anilines is 1. The molecule has 2 rings (SSSR count). The van der Waals surface area contributed by atoms with Crippen LogP contribution in [0.1, 0.15) is 33.3 Å². The first-order valence-electron chi connectivity index (χ1n) is 8.87. The molecule has 0 unspecified atom stereocenters. The SMILES string of the molecule is Cc1cc(Oc2ncnc(N(CC(C)C)CC(C)C)c2[N+](=O)[O-])ccc1Cl. The summed E-state index contributed by atoms with van der Waals surface area (Å²) >= 11 is 6.03. The van der Waals surface area contributed by atoms with Crippen LogP contribution >= 0.6 is 11.6 Å². The van der Waals surface area contributed by atoms with Gasteiger partial charge in [-0.3, -0.25) is 10.1 Å². The lowest BCUT2D eigenvalue weighted by atomic mass is 10.1. The van der Waals surface area contributed by atoms with Gasteiger partial charge in [0.2, 0.25) is 5.82 Å². The van der Waals surface area contributed by atoms with Gasteiger partial charge >= 0.3 is 11.6 Å². The van der Waals surface area contributed by atoms with E-state index in [4.69, 9.17) is 16.3 Å². The molecule has 146 valence electrons. The predicted molar refractivity (Wildman–Crippen MR) is 107 cm³/mol. The molecular weight excluding hydrogens is 368 g/mol. The van der Waals surface area contributed by atoms with Gasteiger partial charge < -0.3 is 9.64 Å². The maximum absolute atomic E-state index is 11.8. The third-order valence-electron chi connectivity index (χ3n) is 3.77. The smallest absolute Gasteiger partial charge is 0.373 e. The van der Waals surface area contributed by atoms with Gasteiger partial charge in [0.25, 0.3) is 0 Å². The summed E-state index contributed by atoms with van der Waals surface area (Å²) in [5.74, 6) is 1.27. The molecule has 1 aromatic heterocycles. The van der Waals surface area contributed by atoms with E-state index in [-0.39, 0.29) is 17.4 Å². The Bertz CT molecular complexity index is 802. The number of halogens is 1. The largest absolute Gasteiger partial charge is 0.434 e. The lowest BCUT2D eigenvalue weighted by molar-refractivity contribution is -0.385. The minimum absolute atomic E-state index is 0.0794. The highest BCUT2D eigenvalue weighted by Gasteiger charge is 2.29. The first-order chi connectivity index (χ1) is 12.7. The zero-order chi connectivity index (χ0) is 20.1. The highest BCUT2D eigenvalue weighted by Crippen LogP contribution is 2.37. The van der Waals surface area contributed by atoms with Crippen molar-refractivity contribution in [3.63, 3.8) is 0 Å². The minimum atomic E-state index is -0.485. The first-order valence-corrected chi connectivity index (χ1v) is 9.25. The Hall–Kier alpha value is -2.41. The van der Waals surface area contributed by atoms with Crippen LogP contribution in [0.2, 0.25) is 5.02 Å². The Kier molecular flexibility index (Phi) is 6.96. The summed E-state index contributed by atoms with van der Waals surface area (Å²) in [5.41, 5.74) is 0.582. The third-order valence-corrected chi connectivity index (χ3v) is 4.19. The second kappa shape index (κ2) is 8.99. The molecule has 0 spiro atoms. The molecular formula is C19H25ClN4O3. The van der Waals surface area contributed by atoms with Gasteiger partial charge in [-0.05, 0) is 42.5 Å². The van der Waals surface area contributed by atoms with E-state index < -0.39 is 4.92 Å². The maximum atomic E-state index is 11.8. The van der Waals surface area contributed by atoms with E-state index in [0.717, 1.165) is 5.56 Å². The van der Waals surface area contributed by atoms with E-state index >= 15 is 0 Å². The van der Waals surface area contributed by atoms with Crippen molar-refractivity contribution in [3.05, 3.63) is 45.2 Å². The molecule has 1 aromatic carbocycles. The topological polar surface area (TPSA) is 81.4 Å².